The second-order valence-electron chi connectivity index (χ2n) is 9.69. The van der Waals surface area contributed by atoms with E-state index < -0.39 is 0 Å². The first-order valence-electron chi connectivity index (χ1n) is 11.5. The lowest BCUT2D eigenvalue weighted by molar-refractivity contribution is -0.111. The Bertz CT molecular complexity index is 980. The molecule has 32 heavy (non-hydrogen) atoms. The van der Waals surface area contributed by atoms with Crippen molar-refractivity contribution in [3.05, 3.63) is 48.2 Å². The van der Waals surface area contributed by atoms with Crippen LogP contribution in [0.5, 0.6) is 11.5 Å². The van der Waals surface area contributed by atoms with Crippen molar-refractivity contribution in [1.82, 2.24) is 4.98 Å². The number of carbonyl (C=O) groups excluding carboxylic acids is 1. The molecule has 1 heterocycles. The van der Waals surface area contributed by atoms with Gasteiger partial charge in [-0.15, -0.1) is 0 Å². The summed E-state index contributed by atoms with van der Waals surface area (Å²) < 4.78 is 10.6. The highest BCUT2D eigenvalue weighted by molar-refractivity contribution is 6.02. The predicted octanol–water partition coefficient (Wildman–Crippen LogP) is 5.13. The van der Waals surface area contributed by atoms with Gasteiger partial charge in [0.15, 0.2) is 0 Å². The normalized spacial score (nSPS) is 28.0. The quantitative estimate of drug-likeness (QED) is 0.592. The van der Waals surface area contributed by atoms with Gasteiger partial charge in [-0.05, 0) is 92.7 Å². The zero-order valence-electron chi connectivity index (χ0n) is 18.8. The third-order valence-electron chi connectivity index (χ3n) is 7.31. The molecule has 0 unspecified atom stereocenters. The van der Waals surface area contributed by atoms with Crippen LogP contribution in [-0.4, -0.2) is 30.6 Å². The molecule has 1 aromatic heterocycles. The van der Waals surface area contributed by atoms with Gasteiger partial charge in [0, 0.05) is 17.2 Å². The smallest absolute Gasteiger partial charge is 0.248 e. The van der Waals surface area contributed by atoms with Crippen LogP contribution in [0.1, 0.15) is 44.1 Å². The largest absolute Gasteiger partial charge is 0.497 e. The van der Waals surface area contributed by atoms with Crippen molar-refractivity contribution in [3.8, 4) is 11.5 Å². The van der Waals surface area contributed by atoms with Gasteiger partial charge in [0.05, 0.1) is 26.1 Å². The molecular weight excluding hydrogens is 402 g/mol. The van der Waals surface area contributed by atoms with Crippen LogP contribution in [0.2, 0.25) is 0 Å². The molecule has 0 spiro atoms. The number of aromatic nitrogens is 1. The summed E-state index contributed by atoms with van der Waals surface area (Å²) in [6.07, 6.45) is 13.0. The molecule has 0 atom stereocenters. The predicted molar refractivity (Wildman–Crippen MR) is 126 cm³/mol. The molecule has 4 saturated carbocycles. The lowest BCUT2D eigenvalue weighted by atomic mass is 9.53. The topological polar surface area (TPSA) is 72.5 Å². The first-order chi connectivity index (χ1) is 15.5. The fourth-order valence-corrected chi connectivity index (χ4v) is 6.40. The van der Waals surface area contributed by atoms with Crippen LogP contribution in [0.3, 0.4) is 0 Å². The Morgan fingerprint density at radius 3 is 2.34 bits per heavy atom. The second kappa shape index (κ2) is 8.49. The maximum absolute atomic E-state index is 12.4. The van der Waals surface area contributed by atoms with Crippen molar-refractivity contribution in [1.29, 1.82) is 0 Å². The van der Waals surface area contributed by atoms with E-state index >= 15 is 0 Å². The van der Waals surface area contributed by atoms with Gasteiger partial charge in [-0.25, -0.2) is 4.98 Å². The van der Waals surface area contributed by atoms with Gasteiger partial charge in [0.25, 0.3) is 0 Å². The molecule has 1 aromatic carbocycles. The lowest BCUT2D eigenvalue weighted by Gasteiger charge is -2.57. The summed E-state index contributed by atoms with van der Waals surface area (Å²) in [5.41, 5.74) is 1.67. The molecule has 4 fully saturated rings. The standard InChI is InChI=1S/C26H31N3O3/c1-31-22-5-6-23(32-2)20(12-22)3-8-25(30)28-21-4-7-24(27-16-21)29-26-13-17-9-18(14-26)11-19(10-17)15-26/h3-8,12,16-19H,9-11,13-15H2,1-2H3,(H,27,29)(H,28,30)/b8-3+. The van der Waals surface area contributed by atoms with E-state index in [1.54, 1.807) is 26.5 Å². The van der Waals surface area contributed by atoms with E-state index in [2.05, 4.69) is 15.6 Å². The monoisotopic (exact) mass is 433 g/mol. The zero-order chi connectivity index (χ0) is 22.1. The van der Waals surface area contributed by atoms with Crippen LogP contribution in [0.4, 0.5) is 11.5 Å². The van der Waals surface area contributed by atoms with Gasteiger partial charge >= 0.3 is 0 Å². The third-order valence-corrected chi connectivity index (χ3v) is 7.31. The number of hydrogen-bond acceptors (Lipinski definition) is 5. The molecule has 6 heteroatoms. The molecule has 168 valence electrons. The summed E-state index contributed by atoms with van der Waals surface area (Å²) in [5.74, 6) is 4.74. The summed E-state index contributed by atoms with van der Waals surface area (Å²) in [5, 5.41) is 6.65. The number of benzene rings is 1. The number of carbonyl (C=O) groups is 1. The van der Waals surface area contributed by atoms with Gasteiger partial charge < -0.3 is 20.1 Å². The maximum atomic E-state index is 12.4. The van der Waals surface area contributed by atoms with Crippen LogP contribution in [0.15, 0.2) is 42.6 Å². The Labute approximate surface area is 189 Å². The molecule has 2 aromatic rings. The molecule has 6 rings (SSSR count). The van der Waals surface area contributed by atoms with E-state index in [0.717, 1.165) is 29.1 Å². The van der Waals surface area contributed by atoms with Crippen LogP contribution in [0.25, 0.3) is 6.08 Å². The van der Waals surface area contributed by atoms with Crippen LogP contribution in [-0.2, 0) is 4.79 Å². The number of rotatable bonds is 7. The number of nitrogens with one attached hydrogen (secondary N) is 2. The van der Waals surface area contributed by atoms with Crippen molar-refractivity contribution >= 4 is 23.5 Å². The van der Waals surface area contributed by atoms with Gasteiger partial charge in [0.1, 0.15) is 17.3 Å². The molecule has 1 amide bonds. The minimum absolute atomic E-state index is 0.224. The number of nitrogens with zero attached hydrogens (tertiary/aromatic N) is 1. The summed E-state index contributed by atoms with van der Waals surface area (Å²) in [6, 6.07) is 9.35. The number of anilines is 2. The molecule has 2 N–H and O–H groups in total. The molecule has 4 aliphatic carbocycles. The molecular formula is C26H31N3O3. The third kappa shape index (κ3) is 4.31. The fraction of sp³-hybridized carbons (Fsp3) is 0.462. The van der Waals surface area contributed by atoms with Crippen molar-refractivity contribution < 1.29 is 14.3 Å². The molecule has 4 aliphatic rings. The average molecular weight is 434 g/mol. The first kappa shape index (κ1) is 20.9. The van der Waals surface area contributed by atoms with Crippen molar-refractivity contribution in [2.75, 3.05) is 24.9 Å². The summed E-state index contributed by atoms with van der Waals surface area (Å²) in [7, 11) is 3.21. The minimum atomic E-state index is -0.224. The molecule has 0 radical (unpaired) electrons. The van der Waals surface area contributed by atoms with E-state index in [4.69, 9.17) is 9.47 Å². The number of ether oxygens (including phenoxy) is 2. The zero-order valence-corrected chi connectivity index (χ0v) is 18.8. The molecule has 4 bridgehead atoms. The molecule has 0 aliphatic heterocycles. The highest BCUT2D eigenvalue weighted by Crippen LogP contribution is 2.56. The Balaban J connectivity index is 1.21. The Morgan fingerprint density at radius 1 is 1.03 bits per heavy atom. The summed E-state index contributed by atoms with van der Waals surface area (Å²) in [6.45, 7) is 0. The average Bonchev–Trinajstić information content (AvgIpc) is 2.77. The van der Waals surface area contributed by atoms with E-state index in [0.29, 0.717) is 17.2 Å². The number of amides is 1. The van der Waals surface area contributed by atoms with Crippen LogP contribution in [0, 0.1) is 17.8 Å². The summed E-state index contributed by atoms with van der Waals surface area (Å²) in [4.78, 5) is 17.0. The number of hydrogen-bond donors (Lipinski definition) is 2. The van der Waals surface area contributed by atoms with E-state index in [-0.39, 0.29) is 11.4 Å². The number of methoxy groups -OCH3 is 2. The first-order valence-corrected chi connectivity index (χ1v) is 11.5. The van der Waals surface area contributed by atoms with Gasteiger partial charge in [-0.3, -0.25) is 4.79 Å². The Hall–Kier alpha value is -3.02. The van der Waals surface area contributed by atoms with Crippen LogP contribution < -0.4 is 20.1 Å². The van der Waals surface area contributed by atoms with E-state index in [1.165, 1.54) is 44.6 Å². The van der Waals surface area contributed by atoms with Crippen molar-refractivity contribution in [2.45, 2.75) is 44.1 Å². The number of pyridine rings is 1. The van der Waals surface area contributed by atoms with Gasteiger partial charge in [-0.1, -0.05) is 0 Å². The van der Waals surface area contributed by atoms with Crippen molar-refractivity contribution in [3.63, 3.8) is 0 Å². The van der Waals surface area contributed by atoms with Crippen molar-refractivity contribution in [2.24, 2.45) is 17.8 Å². The van der Waals surface area contributed by atoms with Crippen LogP contribution >= 0.6 is 0 Å². The lowest BCUT2D eigenvalue weighted by Crippen LogP contribution is -2.54. The summed E-state index contributed by atoms with van der Waals surface area (Å²) >= 11 is 0. The van der Waals surface area contributed by atoms with Gasteiger partial charge in [-0.2, -0.15) is 0 Å². The minimum Gasteiger partial charge on any atom is -0.497 e. The Kier molecular flexibility index (Phi) is 5.53. The molecule has 0 saturated heterocycles. The van der Waals surface area contributed by atoms with E-state index in [9.17, 15) is 4.79 Å². The highest BCUT2D eigenvalue weighted by Gasteiger charge is 2.51. The van der Waals surface area contributed by atoms with Gasteiger partial charge in [0.2, 0.25) is 5.91 Å². The Morgan fingerprint density at radius 2 is 1.75 bits per heavy atom. The second-order valence-corrected chi connectivity index (χ2v) is 9.69. The highest BCUT2D eigenvalue weighted by atomic mass is 16.5. The van der Waals surface area contributed by atoms with E-state index in [1.807, 2.05) is 30.3 Å². The molecule has 6 nitrogen and oxygen atoms in total. The SMILES string of the molecule is COc1ccc(OC)c(/C=C/C(=O)Nc2ccc(NC34CC5CC(CC(C5)C3)C4)nc2)c1. The fourth-order valence-electron chi connectivity index (χ4n) is 6.40. The maximum Gasteiger partial charge on any atom is 0.248 e.